The van der Waals surface area contributed by atoms with E-state index in [1.54, 1.807) is 0 Å². The number of nitrogens with two attached hydrogens (primary N) is 1. The number of rotatable bonds is 2. The maximum absolute atomic E-state index is 9.86. The maximum atomic E-state index is 9.86. The van der Waals surface area contributed by atoms with Crippen LogP contribution in [-0.4, -0.2) is 17.1 Å². The number of hydrogen-bond acceptors (Lipinski definition) is 3. The van der Waals surface area contributed by atoms with E-state index in [1.807, 2.05) is 0 Å². The quantitative estimate of drug-likeness (QED) is 0.235. The average Bonchev–Trinajstić information content (AvgIpc) is 1.83. The van der Waals surface area contributed by atoms with Gasteiger partial charge in [0.05, 0.1) is 5.71 Å². The first kappa shape index (κ1) is 8.03. The van der Waals surface area contributed by atoms with Crippen LogP contribution in [0.2, 0.25) is 0 Å². The van der Waals surface area contributed by atoms with Gasteiger partial charge in [0.15, 0.2) is 11.4 Å². The molecule has 3 N–H and O–H groups in total. The van der Waals surface area contributed by atoms with Crippen molar-refractivity contribution in [3.05, 3.63) is 0 Å². The molecule has 4 nitrogen and oxygen atoms in total. The van der Waals surface area contributed by atoms with E-state index in [-0.39, 0.29) is 5.11 Å². The number of hydrazone groups is 1. The highest BCUT2D eigenvalue weighted by Crippen LogP contribution is 1.66. The van der Waals surface area contributed by atoms with Gasteiger partial charge >= 0.3 is 0 Å². The minimum Gasteiger partial charge on any atom is -0.375 e. The van der Waals surface area contributed by atoms with E-state index >= 15 is 0 Å². The standard InChI is InChI=1S/C4H7N3OS/c1-3(2-8)6-7-4(5)9/h2H,1H3,(H3,5,7,9). The van der Waals surface area contributed by atoms with Crippen LogP contribution in [0.15, 0.2) is 5.10 Å². The second-order valence-electron chi connectivity index (χ2n) is 1.35. The molecule has 0 aromatic heterocycles. The van der Waals surface area contributed by atoms with Crippen molar-refractivity contribution in [1.29, 1.82) is 0 Å². The zero-order valence-corrected chi connectivity index (χ0v) is 5.73. The second-order valence-corrected chi connectivity index (χ2v) is 1.79. The van der Waals surface area contributed by atoms with E-state index in [4.69, 9.17) is 5.73 Å². The fourth-order valence-corrected chi connectivity index (χ4v) is 0.215. The van der Waals surface area contributed by atoms with E-state index in [1.165, 1.54) is 6.92 Å². The summed E-state index contributed by atoms with van der Waals surface area (Å²) >= 11 is 4.41. The van der Waals surface area contributed by atoms with E-state index in [0.717, 1.165) is 0 Å². The Bertz CT molecular complexity index is 154. The number of hydrogen-bond donors (Lipinski definition) is 2. The summed E-state index contributed by atoms with van der Waals surface area (Å²) in [4.78, 5) is 9.86. The molecule has 9 heavy (non-hydrogen) atoms. The summed E-state index contributed by atoms with van der Waals surface area (Å²) < 4.78 is 0. The number of aldehydes is 1. The van der Waals surface area contributed by atoms with Gasteiger partial charge in [0.25, 0.3) is 0 Å². The molecule has 0 fully saturated rings. The molecule has 0 saturated carbocycles. The fourth-order valence-electron chi connectivity index (χ4n) is 0.170. The van der Waals surface area contributed by atoms with Crippen molar-refractivity contribution < 1.29 is 4.79 Å². The van der Waals surface area contributed by atoms with Gasteiger partial charge in [-0.3, -0.25) is 10.2 Å². The van der Waals surface area contributed by atoms with Crippen LogP contribution in [0.4, 0.5) is 0 Å². The lowest BCUT2D eigenvalue weighted by molar-refractivity contribution is -0.102. The van der Waals surface area contributed by atoms with Crippen molar-refractivity contribution >= 4 is 29.3 Å². The topological polar surface area (TPSA) is 67.5 Å². The Balaban J connectivity index is 3.69. The zero-order chi connectivity index (χ0) is 7.28. The summed E-state index contributed by atoms with van der Waals surface area (Å²) in [5.41, 5.74) is 7.56. The molecular weight excluding hydrogens is 138 g/mol. The van der Waals surface area contributed by atoms with Crippen LogP contribution in [0.1, 0.15) is 6.92 Å². The third kappa shape index (κ3) is 4.89. The Labute approximate surface area is 58.1 Å². The van der Waals surface area contributed by atoms with Crippen molar-refractivity contribution in [3.63, 3.8) is 0 Å². The monoisotopic (exact) mass is 145 g/mol. The molecule has 0 atom stereocenters. The predicted molar refractivity (Wildman–Crippen MR) is 39.1 cm³/mol. The van der Waals surface area contributed by atoms with Crippen molar-refractivity contribution in [3.8, 4) is 0 Å². The molecule has 0 aliphatic rings. The lowest BCUT2D eigenvalue weighted by atomic mass is 10.5. The van der Waals surface area contributed by atoms with Gasteiger partial charge < -0.3 is 5.73 Å². The van der Waals surface area contributed by atoms with Gasteiger partial charge in [-0.2, -0.15) is 5.10 Å². The summed E-state index contributed by atoms with van der Waals surface area (Å²) in [6, 6.07) is 0. The number of carbonyl (C=O) groups excluding carboxylic acids is 1. The molecule has 0 saturated heterocycles. The molecule has 0 spiro atoms. The Morgan fingerprint density at radius 1 is 1.89 bits per heavy atom. The smallest absolute Gasteiger partial charge is 0.184 e. The molecule has 0 aromatic rings. The molecule has 0 amide bonds. The van der Waals surface area contributed by atoms with Crippen LogP contribution < -0.4 is 11.2 Å². The molecule has 0 heterocycles. The van der Waals surface area contributed by atoms with Gasteiger partial charge in [0.1, 0.15) is 0 Å². The van der Waals surface area contributed by atoms with Crippen molar-refractivity contribution in [1.82, 2.24) is 5.43 Å². The first-order valence-corrected chi connectivity index (χ1v) is 2.62. The highest BCUT2D eigenvalue weighted by Gasteiger charge is 1.84. The van der Waals surface area contributed by atoms with Gasteiger partial charge in [-0.1, -0.05) is 0 Å². The van der Waals surface area contributed by atoms with Gasteiger partial charge in [-0.25, -0.2) is 0 Å². The van der Waals surface area contributed by atoms with Gasteiger partial charge in [-0.05, 0) is 19.1 Å². The average molecular weight is 145 g/mol. The van der Waals surface area contributed by atoms with Crippen LogP contribution in [0.25, 0.3) is 0 Å². The maximum Gasteiger partial charge on any atom is 0.184 e. The molecule has 0 radical (unpaired) electrons. The highest BCUT2D eigenvalue weighted by atomic mass is 32.1. The zero-order valence-electron chi connectivity index (χ0n) is 4.92. The highest BCUT2D eigenvalue weighted by molar-refractivity contribution is 7.80. The van der Waals surface area contributed by atoms with Crippen LogP contribution >= 0.6 is 12.2 Å². The molecule has 0 unspecified atom stereocenters. The van der Waals surface area contributed by atoms with Crippen LogP contribution in [0, 0.1) is 0 Å². The Morgan fingerprint density at radius 2 is 2.44 bits per heavy atom. The van der Waals surface area contributed by atoms with Crippen LogP contribution in [-0.2, 0) is 4.79 Å². The molecule has 0 bridgehead atoms. The fraction of sp³-hybridized carbons (Fsp3) is 0.250. The van der Waals surface area contributed by atoms with E-state index in [0.29, 0.717) is 12.0 Å². The van der Waals surface area contributed by atoms with Crippen LogP contribution in [0.5, 0.6) is 0 Å². The molecule has 0 aromatic carbocycles. The summed E-state index contributed by atoms with van der Waals surface area (Å²) in [6.45, 7) is 1.54. The molecule has 50 valence electrons. The second kappa shape index (κ2) is 3.96. The molecular formula is C4H7N3OS. The van der Waals surface area contributed by atoms with E-state index < -0.39 is 0 Å². The number of thiocarbonyl (C=S) groups is 1. The summed E-state index contributed by atoms with van der Waals surface area (Å²) in [7, 11) is 0. The van der Waals surface area contributed by atoms with E-state index in [2.05, 4.69) is 22.7 Å². The van der Waals surface area contributed by atoms with Gasteiger partial charge in [0, 0.05) is 0 Å². The Hall–Kier alpha value is -0.970. The van der Waals surface area contributed by atoms with Crippen LogP contribution in [0.3, 0.4) is 0 Å². The van der Waals surface area contributed by atoms with Crippen molar-refractivity contribution in [2.75, 3.05) is 0 Å². The van der Waals surface area contributed by atoms with Gasteiger partial charge in [-0.15, -0.1) is 0 Å². The summed E-state index contributed by atoms with van der Waals surface area (Å²) in [5.74, 6) is 0. The molecule has 0 aliphatic carbocycles. The van der Waals surface area contributed by atoms with Crippen molar-refractivity contribution in [2.24, 2.45) is 10.8 Å². The first-order valence-electron chi connectivity index (χ1n) is 2.21. The molecule has 0 aliphatic heterocycles. The normalized spacial score (nSPS) is 10.6. The summed E-state index contributed by atoms with van der Waals surface area (Å²) in [5, 5.41) is 3.53. The van der Waals surface area contributed by atoms with Gasteiger partial charge in [0.2, 0.25) is 0 Å². The predicted octanol–water partition coefficient (Wildman–Crippen LogP) is -0.606. The number of nitrogens with one attached hydrogen (secondary N) is 1. The summed E-state index contributed by atoms with van der Waals surface area (Å²) in [6.07, 6.45) is 0.602. The minimum atomic E-state index is 0.0520. The van der Waals surface area contributed by atoms with E-state index in [9.17, 15) is 4.79 Å². The Kier molecular flexibility index (Phi) is 3.54. The largest absolute Gasteiger partial charge is 0.375 e. The third-order valence-electron chi connectivity index (χ3n) is 0.513. The molecule has 5 heteroatoms. The number of nitrogens with zero attached hydrogens (tertiary/aromatic N) is 1. The lowest BCUT2D eigenvalue weighted by Crippen LogP contribution is -2.25. The number of carbonyl (C=O) groups is 1. The SMILES string of the molecule is CC(C=O)=NNC(N)=S. The lowest BCUT2D eigenvalue weighted by Gasteiger charge is -1.92. The molecule has 0 rings (SSSR count). The minimum absolute atomic E-state index is 0.0520. The third-order valence-corrected chi connectivity index (χ3v) is 0.604. The first-order chi connectivity index (χ1) is 4.16. The Morgan fingerprint density at radius 3 is 2.78 bits per heavy atom. The van der Waals surface area contributed by atoms with Crippen molar-refractivity contribution in [2.45, 2.75) is 6.92 Å².